The zero-order valence-electron chi connectivity index (χ0n) is 15.3. The fraction of sp³-hybridized carbons (Fsp3) is 0.579. The number of hydrogen-bond donors (Lipinski definition) is 1. The normalized spacial score (nSPS) is 21.3. The van der Waals surface area contributed by atoms with Crippen LogP contribution in [0.3, 0.4) is 0 Å². The average Bonchev–Trinajstić information content (AvgIpc) is 2.43. The molecule has 0 saturated carbocycles. The van der Waals surface area contributed by atoms with E-state index in [4.69, 9.17) is 4.74 Å². The Morgan fingerprint density at radius 2 is 1.79 bits per heavy atom. The average molecular weight is 332 g/mol. The molecule has 1 aromatic carbocycles. The van der Waals surface area contributed by atoms with E-state index in [9.17, 15) is 9.59 Å². The Hall–Kier alpha value is -2.04. The Morgan fingerprint density at radius 1 is 1.17 bits per heavy atom. The molecule has 0 unspecified atom stereocenters. The van der Waals surface area contributed by atoms with Gasteiger partial charge in [0.05, 0.1) is 0 Å². The molecule has 132 valence electrons. The van der Waals surface area contributed by atoms with Gasteiger partial charge in [-0.25, -0.2) is 4.79 Å². The number of piperidine rings is 1. The van der Waals surface area contributed by atoms with E-state index < -0.39 is 11.7 Å². The lowest BCUT2D eigenvalue weighted by molar-refractivity contribution is 0.0617. The summed E-state index contributed by atoms with van der Waals surface area (Å²) in [7, 11) is 0. The minimum atomic E-state index is -0.558. The SMILES string of the molecule is C[C@H]1C[C@H](C)CN(C(=O)c2cccc(NC(=O)OC(C)(C)C)c2)C1. The predicted molar refractivity (Wildman–Crippen MR) is 95.1 cm³/mol. The van der Waals surface area contributed by atoms with Crippen LogP contribution in [-0.2, 0) is 4.74 Å². The van der Waals surface area contributed by atoms with Crippen LogP contribution in [0.25, 0.3) is 0 Å². The van der Waals surface area contributed by atoms with Crippen molar-refractivity contribution >= 4 is 17.7 Å². The number of benzene rings is 1. The molecule has 1 aliphatic rings. The molecule has 5 heteroatoms. The molecule has 2 amide bonds. The third-order valence-electron chi connectivity index (χ3n) is 3.91. The number of hydrogen-bond acceptors (Lipinski definition) is 3. The molecule has 1 saturated heterocycles. The van der Waals surface area contributed by atoms with Crippen molar-refractivity contribution in [3.05, 3.63) is 29.8 Å². The molecule has 0 spiro atoms. The molecular formula is C19H28N2O3. The van der Waals surface area contributed by atoms with Gasteiger partial charge in [0.2, 0.25) is 0 Å². The molecule has 5 nitrogen and oxygen atoms in total. The lowest BCUT2D eigenvalue weighted by atomic mass is 9.91. The lowest BCUT2D eigenvalue weighted by Crippen LogP contribution is -2.42. The van der Waals surface area contributed by atoms with E-state index in [1.54, 1.807) is 24.3 Å². The van der Waals surface area contributed by atoms with Gasteiger partial charge in [0, 0.05) is 24.3 Å². The van der Waals surface area contributed by atoms with Crippen molar-refractivity contribution < 1.29 is 14.3 Å². The second-order valence-electron chi connectivity index (χ2n) is 7.86. The minimum absolute atomic E-state index is 0.0150. The largest absolute Gasteiger partial charge is 0.444 e. The number of ether oxygens (including phenoxy) is 1. The Morgan fingerprint density at radius 3 is 2.38 bits per heavy atom. The maximum absolute atomic E-state index is 12.7. The number of likely N-dealkylation sites (tertiary alicyclic amines) is 1. The smallest absolute Gasteiger partial charge is 0.412 e. The van der Waals surface area contributed by atoms with Crippen molar-refractivity contribution in [1.82, 2.24) is 4.90 Å². The van der Waals surface area contributed by atoms with Crippen LogP contribution in [0.15, 0.2) is 24.3 Å². The van der Waals surface area contributed by atoms with Gasteiger partial charge in [-0.2, -0.15) is 0 Å². The second kappa shape index (κ2) is 7.24. The van der Waals surface area contributed by atoms with Crippen LogP contribution in [0.5, 0.6) is 0 Å². The Labute approximate surface area is 144 Å². The van der Waals surface area contributed by atoms with Gasteiger partial charge in [-0.05, 0) is 57.2 Å². The summed E-state index contributed by atoms with van der Waals surface area (Å²) in [6, 6.07) is 7.02. The molecule has 24 heavy (non-hydrogen) atoms. The number of carbonyl (C=O) groups is 2. The molecule has 1 aromatic rings. The van der Waals surface area contributed by atoms with Crippen LogP contribution in [-0.4, -0.2) is 35.6 Å². The van der Waals surface area contributed by atoms with Gasteiger partial charge in [0.25, 0.3) is 5.91 Å². The van der Waals surface area contributed by atoms with E-state index in [0.717, 1.165) is 19.5 Å². The molecule has 0 aliphatic carbocycles. The van der Waals surface area contributed by atoms with Crippen LogP contribution in [0.4, 0.5) is 10.5 Å². The highest BCUT2D eigenvalue weighted by Crippen LogP contribution is 2.23. The third kappa shape index (κ3) is 5.25. The number of anilines is 1. The molecular weight excluding hydrogens is 304 g/mol. The predicted octanol–water partition coefficient (Wildman–Crippen LogP) is 4.15. The van der Waals surface area contributed by atoms with E-state index in [2.05, 4.69) is 19.2 Å². The molecule has 1 fully saturated rings. The van der Waals surface area contributed by atoms with Gasteiger partial charge in [-0.15, -0.1) is 0 Å². The topological polar surface area (TPSA) is 58.6 Å². The van der Waals surface area contributed by atoms with Crippen molar-refractivity contribution in [2.75, 3.05) is 18.4 Å². The van der Waals surface area contributed by atoms with E-state index in [0.29, 0.717) is 23.1 Å². The van der Waals surface area contributed by atoms with Crippen molar-refractivity contribution in [3.8, 4) is 0 Å². The highest BCUT2D eigenvalue weighted by atomic mass is 16.6. The van der Waals surface area contributed by atoms with Gasteiger partial charge in [0.1, 0.15) is 5.60 Å². The minimum Gasteiger partial charge on any atom is -0.444 e. The zero-order valence-corrected chi connectivity index (χ0v) is 15.3. The van der Waals surface area contributed by atoms with Crippen LogP contribution in [0.2, 0.25) is 0 Å². The van der Waals surface area contributed by atoms with Crippen molar-refractivity contribution in [2.45, 2.75) is 46.6 Å². The summed E-state index contributed by atoms with van der Waals surface area (Å²) < 4.78 is 5.24. The van der Waals surface area contributed by atoms with E-state index in [1.165, 1.54) is 0 Å². The first-order valence-electron chi connectivity index (χ1n) is 8.53. The quantitative estimate of drug-likeness (QED) is 0.885. The summed E-state index contributed by atoms with van der Waals surface area (Å²) in [4.78, 5) is 26.5. The molecule has 0 radical (unpaired) electrons. The monoisotopic (exact) mass is 332 g/mol. The fourth-order valence-corrected chi connectivity index (χ4v) is 3.16. The maximum Gasteiger partial charge on any atom is 0.412 e. The number of carbonyl (C=O) groups excluding carboxylic acids is 2. The first-order valence-corrected chi connectivity index (χ1v) is 8.53. The Kier molecular flexibility index (Phi) is 5.52. The van der Waals surface area contributed by atoms with Gasteiger partial charge in [0.15, 0.2) is 0 Å². The first-order chi connectivity index (χ1) is 11.1. The van der Waals surface area contributed by atoms with Gasteiger partial charge in [-0.3, -0.25) is 10.1 Å². The third-order valence-corrected chi connectivity index (χ3v) is 3.91. The van der Waals surface area contributed by atoms with Crippen LogP contribution >= 0.6 is 0 Å². The Balaban J connectivity index is 2.06. The number of amides is 2. The van der Waals surface area contributed by atoms with Crippen LogP contribution in [0.1, 0.15) is 51.4 Å². The van der Waals surface area contributed by atoms with Crippen molar-refractivity contribution in [1.29, 1.82) is 0 Å². The summed E-state index contributed by atoms with van der Waals surface area (Å²) in [5, 5.41) is 2.68. The summed E-state index contributed by atoms with van der Waals surface area (Å²) in [5.74, 6) is 1.04. The number of rotatable bonds is 2. The number of nitrogens with zero attached hydrogens (tertiary/aromatic N) is 1. The summed E-state index contributed by atoms with van der Waals surface area (Å²) >= 11 is 0. The van der Waals surface area contributed by atoms with E-state index >= 15 is 0 Å². The summed E-state index contributed by atoms with van der Waals surface area (Å²) in [6.07, 6.45) is 0.636. The van der Waals surface area contributed by atoms with Gasteiger partial charge < -0.3 is 9.64 Å². The summed E-state index contributed by atoms with van der Waals surface area (Å²) in [5.41, 5.74) is 0.593. The van der Waals surface area contributed by atoms with Crippen LogP contribution in [0, 0.1) is 11.8 Å². The Bertz CT molecular complexity index is 597. The molecule has 1 aliphatic heterocycles. The molecule has 1 heterocycles. The fourth-order valence-electron chi connectivity index (χ4n) is 3.16. The van der Waals surface area contributed by atoms with Crippen molar-refractivity contribution in [2.24, 2.45) is 11.8 Å². The van der Waals surface area contributed by atoms with Gasteiger partial charge >= 0.3 is 6.09 Å². The standard InChI is InChI=1S/C19H28N2O3/c1-13-9-14(2)12-21(11-13)17(22)15-7-6-8-16(10-15)20-18(23)24-19(3,4)5/h6-8,10,13-14H,9,11-12H2,1-5H3,(H,20,23)/t13-,14-/m0/s1. The highest BCUT2D eigenvalue weighted by Gasteiger charge is 2.26. The summed E-state index contributed by atoms with van der Waals surface area (Å²) in [6.45, 7) is 11.4. The van der Waals surface area contributed by atoms with Crippen molar-refractivity contribution in [3.63, 3.8) is 0 Å². The first kappa shape index (κ1) is 18.3. The number of nitrogens with one attached hydrogen (secondary N) is 1. The molecule has 2 atom stereocenters. The van der Waals surface area contributed by atoms with E-state index in [1.807, 2.05) is 25.7 Å². The molecule has 1 N–H and O–H groups in total. The zero-order chi connectivity index (χ0) is 17.9. The molecule has 0 bridgehead atoms. The van der Waals surface area contributed by atoms with Gasteiger partial charge in [-0.1, -0.05) is 19.9 Å². The second-order valence-corrected chi connectivity index (χ2v) is 7.86. The molecule has 0 aromatic heterocycles. The van der Waals surface area contributed by atoms with Crippen LogP contribution < -0.4 is 5.32 Å². The maximum atomic E-state index is 12.7. The lowest BCUT2D eigenvalue weighted by Gasteiger charge is -2.35. The highest BCUT2D eigenvalue weighted by molar-refractivity contribution is 5.96. The van der Waals surface area contributed by atoms with E-state index in [-0.39, 0.29) is 5.91 Å². The molecule has 2 rings (SSSR count).